The fraction of sp³-hybridized carbons (Fsp3) is 0.395. The summed E-state index contributed by atoms with van der Waals surface area (Å²) in [6.45, 7) is 4.26. The zero-order valence-corrected chi connectivity index (χ0v) is 26.8. The third kappa shape index (κ3) is 7.34. The van der Waals surface area contributed by atoms with Gasteiger partial charge in [0.15, 0.2) is 11.6 Å². The number of hydrogen-bond acceptors (Lipinski definition) is 7. The van der Waals surface area contributed by atoms with Gasteiger partial charge in [-0.2, -0.15) is 0 Å². The molecule has 2 aliphatic heterocycles. The predicted octanol–water partition coefficient (Wildman–Crippen LogP) is 5.09. The van der Waals surface area contributed by atoms with Gasteiger partial charge in [0.1, 0.15) is 17.4 Å². The number of amides is 2. The summed E-state index contributed by atoms with van der Waals surface area (Å²) in [4.78, 5) is 68.2. The lowest BCUT2D eigenvalue weighted by atomic mass is 9.82. The lowest BCUT2D eigenvalue weighted by Gasteiger charge is -2.40. The number of piperazine rings is 1. The summed E-state index contributed by atoms with van der Waals surface area (Å²) in [5.74, 6) is -4.47. The van der Waals surface area contributed by atoms with E-state index in [9.17, 15) is 32.8 Å². The highest BCUT2D eigenvalue weighted by molar-refractivity contribution is 6.28. The minimum atomic E-state index is -1.15. The van der Waals surface area contributed by atoms with Crippen LogP contribution in [0.25, 0.3) is 0 Å². The average Bonchev–Trinajstić information content (AvgIpc) is 3.33. The SMILES string of the molecule is O=C(CCCCCN1CCN(C(c2ccc(F)cc2)c2ccc(F)cc2)CC1)Cc1cccc2c1C(=O)C(C1CCC(=O)NC1=O)C2=O. The first-order chi connectivity index (χ1) is 23.2. The van der Waals surface area contributed by atoms with Crippen molar-refractivity contribution in [3.8, 4) is 0 Å². The molecule has 3 aliphatic rings. The molecule has 6 rings (SSSR count). The summed E-state index contributed by atoms with van der Waals surface area (Å²) in [5.41, 5.74) is 2.94. The number of benzene rings is 3. The molecule has 1 aliphatic carbocycles. The number of Topliss-reactive ketones (excluding diaryl/α,β-unsaturated/α-hetero) is 3. The van der Waals surface area contributed by atoms with Gasteiger partial charge in [-0.25, -0.2) is 8.78 Å². The van der Waals surface area contributed by atoms with Gasteiger partial charge in [0, 0.05) is 56.6 Å². The number of ketones is 3. The van der Waals surface area contributed by atoms with Gasteiger partial charge in [-0.1, -0.05) is 48.9 Å². The number of imide groups is 1. The lowest BCUT2D eigenvalue weighted by molar-refractivity contribution is -0.137. The summed E-state index contributed by atoms with van der Waals surface area (Å²) in [6, 6.07) is 17.8. The van der Waals surface area contributed by atoms with Crippen molar-refractivity contribution in [2.24, 2.45) is 11.8 Å². The third-order valence-electron chi connectivity index (χ3n) is 9.87. The summed E-state index contributed by atoms with van der Waals surface area (Å²) in [7, 11) is 0. The van der Waals surface area contributed by atoms with E-state index >= 15 is 0 Å². The van der Waals surface area contributed by atoms with Crippen LogP contribution < -0.4 is 5.32 Å². The normalized spacial score (nSPS) is 20.3. The number of hydrogen-bond donors (Lipinski definition) is 1. The number of carbonyl (C=O) groups is 5. The summed E-state index contributed by atoms with van der Waals surface area (Å²) < 4.78 is 27.3. The van der Waals surface area contributed by atoms with E-state index in [0.29, 0.717) is 12.0 Å². The first-order valence-electron chi connectivity index (χ1n) is 16.7. The minimum absolute atomic E-state index is 0.00523. The Morgan fingerprint density at radius 3 is 2.06 bits per heavy atom. The molecule has 2 heterocycles. The maximum atomic E-state index is 13.6. The second kappa shape index (κ2) is 14.8. The van der Waals surface area contributed by atoms with E-state index in [-0.39, 0.29) is 53.8 Å². The topological polar surface area (TPSA) is 104 Å². The third-order valence-corrected chi connectivity index (χ3v) is 9.87. The highest BCUT2D eigenvalue weighted by Gasteiger charge is 2.48. The van der Waals surface area contributed by atoms with Crippen molar-refractivity contribution in [2.75, 3.05) is 32.7 Å². The molecule has 2 atom stereocenters. The molecule has 250 valence electrons. The lowest BCUT2D eigenvalue weighted by Crippen LogP contribution is -2.48. The molecule has 0 spiro atoms. The molecule has 2 amide bonds. The Hall–Kier alpha value is -4.41. The largest absolute Gasteiger partial charge is 0.301 e. The van der Waals surface area contributed by atoms with Gasteiger partial charge in [-0.15, -0.1) is 0 Å². The van der Waals surface area contributed by atoms with Crippen LogP contribution in [0.5, 0.6) is 0 Å². The van der Waals surface area contributed by atoms with Crippen LogP contribution in [0.2, 0.25) is 0 Å². The molecule has 3 aromatic carbocycles. The number of piperidine rings is 1. The van der Waals surface area contributed by atoms with Gasteiger partial charge < -0.3 is 4.90 Å². The maximum Gasteiger partial charge on any atom is 0.230 e. The van der Waals surface area contributed by atoms with E-state index in [1.165, 1.54) is 24.3 Å². The maximum absolute atomic E-state index is 13.6. The van der Waals surface area contributed by atoms with Gasteiger partial charge in [0.2, 0.25) is 11.8 Å². The summed E-state index contributed by atoms with van der Waals surface area (Å²) in [6.07, 6.45) is 3.19. The predicted molar refractivity (Wildman–Crippen MR) is 174 cm³/mol. The molecule has 48 heavy (non-hydrogen) atoms. The number of halogens is 2. The van der Waals surface area contributed by atoms with Crippen LogP contribution in [0.15, 0.2) is 66.7 Å². The molecule has 8 nitrogen and oxygen atoms in total. The fourth-order valence-corrected chi connectivity index (χ4v) is 7.36. The number of nitrogens with zero attached hydrogens (tertiary/aromatic N) is 2. The van der Waals surface area contributed by atoms with Crippen molar-refractivity contribution in [3.63, 3.8) is 0 Å². The Balaban J connectivity index is 0.960. The Bertz CT molecular complexity index is 1650. The summed E-state index contributed by atoms with van der Waals surface area (Å²) in [5, 5.41) is 2.23. The molecule has 2 saturated heterocycles. The number of rotatable bonds is 12. The van der Waals surface area contributed by atoms with Gasteiger partial charge in [-0.3, -0.25) is 34.2 Å². The number of fused-ring (bicyclic) bond motifs is 1. The van der Waals surface area contributed by atoms with Crippen LogP contribution in [-0.2, 0) is 20.8 Å². The first kappa shape index (κ1) is 33.5. The van der Waals surface area contributed by atoms with Crippen LogP contribution in [0.1, 0.15) is 82.0 Å². The molecule has 0 radical (unpaired) electrons. The second-order valence-electron chi connectivity index (χ2n) is 13.0. The summed E-state index contributed by atoms with van der Waals surface area (Å²) >= 11 is 0. The van der Waals surface area contributed by atoms with Crippen LogP contribution >= 0.6 is 0 Å². The van der Waals surface area contributed by atoms with Crippen molar-refractivity contribution in [1.29, 1.82) is 0 Å². The van der Waals surface area contributed by atoms with Crippen molar-refractivity contribution < 1.29 is 32.8 Å². The standard InChI is InChI=1S/C38H39F2N3O5/c39-27-12-8-24(9-13-27)35(25-10-14-28(40)15-11-25)43-21-19-42(20-22-43)18-3-1-2-6-29(44)23-26-5-4-7-30-33(26)37(47)34(36(30)46)31-16-17-32(45)41-38(31)48/h4-5,7-15,31,34-35H,1-3,6,16-23H2,(H,41,45,48). The van der Waals surface area contributed by atoms with E-state index in [1.807, 2.05) is 0 Å². The van der Waals surface area contributed by atoms with Gasteiger partial charge in [0.25, 0.3) is 0 Å². The van der Waals surface area contributed by atoms with Crippen molar-refractivity contribution in [2.45, 2.75) is 51.0 Å². The Labute approximate surface area is 278 Å². The molecule has 2 fully saturated rings. The second-order valence-corrected chi connectivity index (χ2v) is 13.0. The quantitative estimate of drug-likeness (QED) is 0.165. The fourth-order valence-electron chi connectivity index (χ4n) is 7.36. The zero-order chi connectivity index (χ0) is 33.8. The number of nitrogens with one attached hydrogen (secondary N) is 1. The Morgan fingerprint density at radius 1 is 0.792 bits per heavy atom. The van der Waals surface area contributed by atoms with E-state index in [4.69, 9.17) is 0 Å². The molecule has 0 bridgehead atoms. The zero-order valence-electron chi connectivity index (χ0n) is 26.8. The van der Waals surface area contributed by atoms with Crippen LogP contribution in [0.3, 0.4) is 0 Å². The van der Waals surface area contributed by atoms with E-state index in [1.54, 1.807) is 42.5 Å². The smallest absolute Gasteiger partial charge is 0.230 e. The van der Waals surface area contributed by atoms with E-state index in [0.717, 1.165) is 63.1 Å². The Kier molecular flexibility index (Phi) is 10.3. The molecule has 1 N–H and O–H groups in total. The minimum Gasteiger partial charge on any atom is -0.301 e. The number of carbonyl (C=O) groups excluding carboxylic acids is 5. The monoisotopic (exact) mass is 655 g/mol. The van der Waals surface area contributed by atoms with Crippen LogP contribution in [0, 0.1) is 23.5 Å². The van der Waals surface area contributed by atoms with Gasteiger partial charge in [-0.05, 0) is 66.8 Å². The Morgan fingerprint density at radius 2 is 1.44 bits per heavy atom. The van der Waals surface area contributed by atoms with Crippen molar-refractivity contribution in [3.05, 3.63) is 106 Å². The highest BCUT2D eigenvalue weighted by atomic mass is 19.1. The molecular formula is C38H39F2N3O5. The van der Waals surface area contributed by atoms with Crippen molar-refractivity contribution in [1.82, 2.24) is 15.1 Å². The molecule has 0 saturated carbocycles. The molecule has 3 aromatic rings. The van der Waals surface area contributed by atoms with Crippen molar-refractivity contribution >= 4 is 29.2 Å². The molecule has 0 aromatic heterocycles. The van der Waals surface area contributed by atoms with Gasteiger partial charge >= 0.3 is 0 Å². The van der Waals surface area contributed by atoms with Crippen LogP contribution in [0.4, 0.5) is 8.78 Å². The van der Waals surface area contributed by atoms with E-state index in [2.05, 4.69) is 15.1 Å². The first-order valence-corrected chi connectivity index (χ1v) is 16.7. The molecule has 10 heteroatoms. The molecular weight excluding hydrogens is 616 g/mol. The van der Waals surface area contributed by atoms with Crippen LogP contribution in [-0.4, -0.2) is 71.7 Å². The average molecular weight is 656 g/mol. The molecule has 2 unspecified atom stereocenters. The van der Waals surface area contributed by atoms with Gasteiger partial charge in [0.05, 0.1) is 17.9 Å². The highest BCUT2D eigenvalue weighted by Crippen LogP contribution is 2.37. The van der Waals surface area contributed by atoms with E-state index < -0.39 is 35.2 Å². The number of unbranched alkanes of at least 4 members (excludes halogenated alkanes) is 2.